The molecule has 10 atom stereocenters. The lowest BCUT2D eigenvalue weighted by molar-refractivity contribution is -0.151. The predicted molar refractivity (Wildman–Crippen MR) is 366 cm³/mol. The van der Waals surface area contributed by atoms with E-state index in [1.54, 1.807) is 62.9 Å². The van der Waals surface area contributed by atoms with Crippen molar-refractivity contribution >= 4 is 71.0 Å². The first-order chi connectivity index (χ1) is 45.1. The highest BCUT2D eigenvalue weighted by Gasteiger charge is 2.43. The first-order valence-electron chi connectivity index (χ1n) is 34.3. The van der Waals surface area contributed by atoms with Crippen LogP contribution in [0.2, 0.25) is 0 Å². The number of imide groups is 1. The van der Waals surface area contributed by atoms with E-state index in [9.17, 15) is 38.7 Å². The number of aliphatic hydroxyl groups excluding tert-OH is 1. The van der Waals surface area contributed by atoms with E-state index >= 15 is 24.0 Å². The molecule has 96 heavy (non-hydrogen) atoms. The number of likely N-dealkylation sites (tertiary alicyclic amines) is 1. The number of piperidine rings is 1. The van der Waals surface area contributed by atoms with Crippen LogP contribution in [0.1, 0.15) is 151 Å². The molecule has 5 N–H and O–H groups in total. The van der Waals surface area contributed by atoms with Gasteiger partial charge in [0.15, 0.2) is 0 Å². The number of amides is 13. The van der Waals surface area contributed by atoms with Gasteiger partial charge in [0.1, 0.15) is 54.4 Å². The lowest BCUT2D eigenvalue weighted by Crippen LogP contribution is -2.61. The summed E-state index contributed by atoms with van der Waals surface area (Å²) in [5.74, 6) is -8.83. The number of nitrogens with one attached hydrogen (secondary N) is 4. The van der Waals surface area contributed by atoms with Crippen molar-refractivity contribution in [1.82, 2.24) is 60.5 Å². The van der Waals surface area contributed by atoms with E-state index in [4.69, 9.17) is 0 Å². The van der Waals surface area contributed by atoms with Gasteiger partial charge in [-0.1, -0.05) is 130 Å². The number of aliphatic hydroxyl groups is 1. The molecule has 0 aliphatic carbocycles. The Morgan fingerprint density at radius 2 is 0.958 bits per heavy atom. The lowest BCUT2D eigenvalue weighted by Gasteiger charge is -2.38. The fourth-order valence-corrected chi connectivity index (χ4v) is 12.4. The second kappa shape index (κ2) is 38.1. The summed E-state index contributed by atoms with van der Waals surface area (Å²) >= 11 is 0. The predicted octanol–water partition coefficient (Wildman–Crippen LogP) is 4.23. The van der Waals surface area contributed by atoms with Crippen LogP contribution in [-0.4, -0.2) is 244 Å². The zero-order chi connectivity index (χ0) is 72.0. The van der Waals surface area contributed by atoms with Crippen LogP contribution in [0, 0.1) is 23.7 Å². The monoisotopic (exact) mass is 1340 g/mol. The van der Waals surface area contributed by atoms with E-state index in [-0.39, 0.29) is 81.6 Å². The summed E-state index contributed by atoms with van der Waals surface area (Å²) in [5.41, 5.74) is 1.49. The number of urea groups is 1. The molecule has 2 aliphatic rings. The fourth-order valence-electron chi connectivity index (χ4n) is 12.4. The third kappa shape index (κ3) is 22.8. The third-order valence-electron chi connectivity index (χ3n) is 18.1. The molecule has 2 aromatic carbocycles. The summed E-state index contributed by atoms with van der Waals surface area (Å²) < 4.78 is 0. The molecule has 0 bridgehead atoms. The molecular weight excluding hydrogens is 1230 g/mol. The smallest absolute Gasteiger partial charge is 0.326 e. The van der Waals surface area contributed by atoms with E-state index in [1.165, 1.54) is 66.7 Å². The zero-order valence-electron chi connectivity index (χ0n) is 60.1. The highest BCUT2D eigenvalue weighted by atomic mass is 16.3. The Morgan fingerprint density at radius 3 is 1.47 bits per heavy atom. The van der Waals surface area contributed by atoms with Crippen molar-refractivity contribution in [2.45, 2.75) is 214 Å². The highest BCUT2D eigenvalue weighted by molar-refractivity contribution is 6.02. The maximum Gasteiger partial charge on any atom is 0.326 e. The van der Waals surface area contributed by atoms with Gasteiger partial charge in [-0.25, -0.2) is 4.79 Å². The average Bonchev–Trinajstić information content (AvgIpc) is 0.836. The molecule has 2 aromatic rings. The Balaban J connectivity index is 1.95. The Labute approximate surface area is 569 Å². The van der Waals surface area contributed by atoms with Crippen LogP contribution in [0.4, 0.5) is 4.79 Å². The van der Waals surface area contributed by atoms with Crippen LogP contribution in [0.5, 0.6) is 0 Å². The van der Waals surface area contributed by atoms with Crippen molar-refractivity contribution in [3.05, 3.63) is 71.8 Å². The van der Waals surface area contributed by atoms with Gasteiger partial charge >= 0.3 is 6.03 Å². The van der Waals surface area contributed by atoms with Gasteiger partial charge in [-0.05, 0) is 106 Å². The van der Waals surface area contributed by atoms with Crippen LogP contribution >= 0.6 is 0 Å². The quantitative estimate of drug-likeness (QED) is 0.148. The maximum absolute atomic E-state index is 15.3. The largest absolute Gasteiger partial charge is 0.391 e. The molecular formula is C71H112N12O13. The summed E-state index contributed by atoms with van der Waals surface area (Å²) in [6, 6.07) is 5.10. The van der Waals surface area contributed by atoms with Crippen molar-refractivity contribution in [3.63, 3.8) is 0 Å². The fraction of sp³-hybridized carbons (Fsp3) is 0.662. The molecule has 2 heterocycles. The Hall–Kier alpha value is -7.96. The second-order valence-electron chi connectivity index (χ2n) is 27.8. The van der Waals surface area contributed by atoms with Crippen LogP contribution < -0.4 is 21.3 Å². The Morgan fingerprint density at radius 1 is 0.490 bits per heavy atom. The van der Waals surface area contributed by atoms with Crippen LogP contribution in [0.25, 0.3) is 0 Å². The molecule has 0 aromatic heterocycles. The van der Waals surface area contributed by atoms with Gasteiger partial charge in [-0.3, -0.25) is 57.6 Å². The lowest BCUT2D eigenvalue weighted by atomic mass is 9.96. The number of rotatable bonds is 17. The molecule has 2 saturated heterocycles. The average molecular weight is 1340 g/mol. The van der Waals surface area contributed by atoms with Gasteiger partial charge in [0, 0.05) is 68.3 Å². The molecule has 13 amide bonds. The first kappa shape index (κ1) is 80.5. The molecule has 0 spiro atoms. The van der Waals surface area contributed by atoms with Crippen LogP contribution in [0.3, 0.4) is 0 Å². The van der Waals surface area contributed by atoms with E-state index in [1.807, 2.05) is 71.9 Å². The third-order valence-corrected chi connectivity index (χ3v) is 18.1. The zero-order valence-corrected chi connectivity index (χ0v) is 60.1. The summed E-state index contributed by atoms with van der Waals surface area (Å²) in [6.45, 7) is 19.4. The molecule has 2 unspecified atom stereocenters. The normalized spacial score (nSPS) is 24.7. The van der Waals surface area contributed by atoms with Crippen molar-refractivity contribution in [1.29, 1.82) is 0 Å². The number of hydrogen-bond acceptors (Lipinski definition) is 13. The maximum atomic E-state index is 15.3. The molecule has 25 heteroatoms. The summed E-state index contributed by atoms with van der Waals surface area (Å²) in [7, 11) is 8.16. The molecule has 0 saturated carbocycles. The molecule has 25 nitrogen and oxygen atoms in total. The van der Waals surface area contributed by atoms with Gasteiger partial charge < -0.3 is 60.7 Å². The number of hydrogen-bond donors (Lipinski definition) is 5. The first-order valence-corrected chi connectivity index (χ1v) is 34.3. The van der Waals surface area contributed by atoms with Crippen molar-refractivity contribution in [2.24, 2.45) is 23.7 Å². The molecule has 534 valence electrons. The van der Waals surface area contributed by atoms with Gasteiger partial charge in [0.25, 0.3) is 5.91 Å². The molecule has 4 rings (SSSR count). The van der Waals surface area contributed by atoms with Gasteiger partial charge in [-0.15, -0.1) is 0 Å². The summed E-state index contributed by atoms with van der Waals surface area (Å²) in [5, 5.41) is 22.3. The summed E-state index contributed by atoms with van der Waals surface area (Å²) in [6.07, 6.45) is 0.626. The van der Waals surface area contributed by atoms with Gasteiger partial charge in [0.2, 0.25) is 59.1 Å². The van der Waals surface area contributed by atoms with Crippen molar-refractivity contribution in [3.8, 4) is 0 Å². The summed E-state index contributed by atoms with van der Waals surface area (Å²) in [4.78, 5) is 188. The second-order valence-corrected chi connectivity index (χ2v) is 27.8. The number of benzene rings is 2. The number of carbonyl (C=O) groups excluding carboxylic acids is 12. The van der Waals surface area contributed by atoms with Gasteiger partial charge in [-0.2, -0.15) is 0 Å². The van der Waals surface area contributed by atoms with E-state index in [0.29, 0.717) is 36.4 Å². The van der Waals surface area contributed by atoms with Crippen molar-refractivity contribution in [2.75, 3.05) is 68.5 Å². The molecule has 2 fully saturated rings. The van der Waals surface area contributed by atoms with Crippen LogP contribution in [-0.2, 0) is 65.6 Å². The van der Waals surface area contributed by atoms with Gasteiger partial charge in [0.05, 0.1) is 19.1 Å². The minimum atomic E-state index is -1.78. The molecule has 2 aliphatic heterocycles. The SMILES string of the molecule is CC[C@@H]1NC(=O)[C@H](Cc2ccccc2)N(C)C(=O)[C@H](CC(C)C)N(C)C(=O)[C@H](CC(C)C)NC(=O)[C@H](CC)N(C)C(=O)C[C@@H](C(=O)N2CCCCC2)NC(=O)C(CC(C)C)N(C)C(=O)N(C)C(=O)[C@H]([C@@H](C)O)NC(=O)CN(CCc2ccccc2)C(=O)C(CC(C)C)N(C)C1=O. The minimum absolute atomic E-state index is 0.00566. The Bertz CT molecular complexity index is 2960. The van der Waals surface area contributed by atoms with E-state index in [0.717, 1.165) is 23.9 Å². The Kier molecular flexibility index (Phi) is 31.9. The number of nitrogens with zero attached hydrogens (tertiary/aromatic N) is 8. The standard InChI is InChI=1S/C71H112N12O13/c1-18-51-65(90)79(15)58(40-47(9)10)69(94)83(36-33-49-29-23-20-24-30-49)43-59(85)75-61(48(11)84)70(95)81(17)71(96)80(16)55(38-45(5)6)63(88)74-53(67(92)82-34-27-22-28-35-82)42-60(86)76(12)54(19-2)62(87)73-52(37-44(3)4)66(91)78(14)57(39-46(7)8)68(93)77(13)56(64(89)72-51)41-50-31-25-21-26-32-50/h20-21,23-26,29-32,44-48,51-58,61,84H,18-19,22,27-28,33-43H2,1-17H3,(H,72,89)(H,73,87)(H,74,88)(H,75,85)/t48-,51+,52+,53+,54+,55?,56+,57+,58?,61+/m1/s1. The highest BCUT2D eigenvalue weighted by Crippen LogP contribution is 2.24. The number of carbonyl (C=O) groups is 12. The van der Waals surface area contributed by atoms with E-state index in [2.05, 4.69) is 21.3 Å². The number of likely N-dealkylation sites (N-methyl/N-ethyl adjacent to an activating group) is 6. The van der Waals surface area contributed by atoms with Crippen molar-refractivity contribution < 1.29 is 62.6 Å². The van der Waals surface area contributed by atoms with Crippen LogP contribution in [0.15, 0.2) is 60.7 Å². The topological polar surface area (TPSA) is 299 Å². The minimum Gasteiger partial charge on any atom is -0.391 e. The molecule has 0 radical (unpaired) electrons. The van der Waals surface area contributed by atoms with E-state index < -0.39 is 144 Å².